The molecule has 0 saturated heterocycles. The van der Waals surface area contributed by atoms with Crippen LogP contribution < -0.4 is 5.73 Å². The molecule has 0 bridgehead atoms. The van der Waals surface area contributed by atoms with Crippen LogP contribution in [0.3, 0.4) is 0 Å². The van der Waals surface area contributed by atoms with Crippen molar-refractivity contribution in [2.75, 3.05) is 0 Å². The van der Waals surface area contributed by atoms with Gasteiger partial charge in [-0.15, -0.1) is 0 Å². The van der Waals surface area contributed by atoms with Crippen LogP contribution in [0, 0.1) is 11.3 Å². The summed E-state index contributed by atoms with van der Waals surface area (Å²) in [7, 11) is 0. The second-order valence-electron chi connectivity index (χ2n) is 1.51. The Labute approximate surface area is 51.3 Å². The molecule has 0 aromatic carbocycles. The monoisotopic (exact) mass is 121 g/mol. The molecule has 4 nitrogen and oxygen atoms in total. The topological polar surface area (TPSA) is 79.2 Å². The van der Waals surface area contributed by atoms with Crippen molar-refractivity contribution in [3.63, 3.8) is 0 Å². The lowest BCUT2D eigenvalue weighted by atomic mass is 10.2. The molecule has 1 heterocycles. The first-order chi connectivity index (χ1) is 4.25. The lowest BCUT2D eigenvalue weighted by Gasteiger charge is -1.81. The molecule has 4 heteroatoms. The van der Waals surface area contributed by atoms with E-state index in [2.05, 4.69) is 4.99 Å². The first kappa shape index (κ1) is 5.51. The molecule has 0 aliphatic carbocycles. The summed E-state index contributed by atoms with van der Waals surface area (Å²) in [6, 6.07) is 1.64. The Balaban J connectivity index is 3.10. The molecule has 0 unspecified atom stereocenters. The minimum absolute atomic E-state index is 0.0602. The van der Waals surface area contributed by atoms with Crippen molar-refractivity contribution in [2.24, 2.45) is 10.7 Å². The number of allylic oxidation sites excluding steroid dienone is 1. The Kier molecular flexibility index (Phi) is 1.04. The third kappa shape index (κ3) is 0.681. The zero-order valence-corrected chi connectivity index (χ0v) is 4.46. The summed E-state index contributed by atoms with van der Waals surface area (Å²) in [4.78, 5) is 13.7. The van der Waals surface area contributed by atoms with Gasteiger partial charge in [-0.1, -0.05) is 0 Å². The van der Waals surface area contributed by atoms with E-state index in [0.29, 0.717) is 0 Å². The molecule has 0 radical (unpaired) electrons. The van der Waals surface area contributed by atoms with E-state index in [1.807, 2.05) is 0 Å². The lowest BCUT2D eigenvalue weighted by molar-refractivity contribution is -0.113. The molecular weight excluding hydrogens is 118 g/mol. The molecule has 0 saturated carbocycles. The van der Waals surface area contributed by atoms with Crippen LogP contribution in [-0.4, -0.2) is 12.1 Å². The number of hydrogen-bond donors (Lipinski definition) is 1. The van der Waals surface area contributed by atoms with Gasteiger partial charge in [0.05, 0.1) is 11.9 Å². The van der Waals surface area contributed by atoms with Crippen LogP contribution in [0.25, 0.3) is 0 Å². The Morgan fingerprint density at radius 3 is 2.67 bits per heavy atom. The minimum Gasteiger partial charge on any atom is -0.396 e. The SMILES string of the molecule is N#CC1=C(N)C=NC1=O. The zero-order valence-electron chi connectivity index (χ0n) is 4.46. The first-order valence-corrected chi connectivity index (χ1v) is 2.24. The van der Waals surface area contributed by atoms with Crippen LogP contribution in [0.2, 0.25) is 0 Å². The van der Waals surface area contributed by atoms with Crippen LogP contribution in [0.15, 0.2) is 16.3 Å². The maximum Gasteiger partial charge on any atom is 0.289 e. The molecule has 2 N–H and O–H groups in total. The van der Waals surface area contributed by atoms with Crippen molar-refractivity contribution in [1.29, 1.82) is 5.26 Å². The van der Waals surface area contributed by atoms with Gasteiger partial charge >= 0.3 is 0 Å². The van der Waals surface area contributed by atoms with Crippen molar-refractivity contribution < 1.29 is 4.79 Å². The van der Waals surface area contributed by atoms with Gasteiger partial charge in [-0.2, -0.15) is 5.26 Å². The number of carbonyl (C=O) groups is 1. The average Bonchev–Trinajstić information content (AvgIpc) is 2.12. The number of nitrogens with zero attached hydrogens (tertiary/aromatic N) is 2. The number of aliphatic imine (C=N–C) groups is 1. The predicted octanol–water partition coefficient (Wildman–Crippen LogP) is -0.666. The second-order valence-corrected chi connectivity index (χ2v) is 1.51. The predicted molar refractivity (Wildman–Crippen MR) is 30.3 cm³/mol. The van der Waals surface area contributed by atoms with E-state index in [0.717, 1.165) is 0 Å². The van der Waals surface area contributed by atoms with E-state index in [1.165, 1.54) is 6.21 Å². The zero-order chi connectivity index (χ0) is 6.85. The number of hydrogen-bond acceptors (Lipinski definition) is 3. The Morgan fingerprint density at radius 1 is 1.78 bits per heavy atom. The molecular formula is C5H3N3O. The Bertz CT molecular complexity index is 256. The number of carbonyl (C=O) groups excluding carboxylic acids is 1. The molecule has 44 valence electrons. The van der Waals surface area contributed by atoms with Crippen molar-refractivity contribution in [2.45, 2.75) is 0 Å². The summed E-state index contributed by atoms with van der Waals surface area (Å²) in [6.45, 7) is 0. The van der Waals surface area contributed by atoms with E-state index >= 15 is 0 Å². The van der Waals surface area contributed by atoms with Crippen molar-refractivity contribution >= 4 is 12.1 Å². The Morgan fingerprint density at radius 2 is 2.44 bits per heavy atom. The maximum absolute atomic E-state index is 10.5. The quantitative estimate of drug-likeness (QED) is 0.461. The number of nitrogens with two attached hydrogens (primary N) is 1. The molecule has 0 atom stereocenters. The molecule has 1 amide bonds. The van der Waals surface area contributed by atoms with Crippen LogP contribution in [-0.2, 0) is 4.79 Å². The van der Waals surface area contributed by atoms with Gasteiger partial charge in [0.1, 0.15) is 11.6 Å². The highest BCUT2D eigenvalue weighted by Crippen LogP contribution is 2.04. The molecule has 0 fully saturated rings. The van der Waals surface area contributed by atoms with Gasteiger partial charge in [0, 0.05) is 0 Å². The molecule has 0 aromatic heterocycles. The fourth-order valence-corrected chi connectivity index (χ4v) is 0.493. The smallest absolute Gasteiger partial charge is 0.289 e. The molecule has 0 aromatic rings. The molecule has 1 aliphatic heterocycles. The lowest BCUT2D eigenvalue weighted by Crippen LogP contribution is -2.00. The molecule has 0 spiro atoms. The molecule has 1 rings (SSSR count). The largest absolute Gasteiger partial charge is 0.396 e. The Hall–Kier alpha value is -1.63. The highest BCUT2D eigenvalue weighted by Gasteiger charge is 2.15. The summed E-state index contributed by atoms with van der Waals surface area (Å²) in [6.07, 6.45) is 1.18. The number of rotatable bonds is 0. The summed E-state index contributed by atoms with van der Waals surface area (Å²) >= 11 is 0. The van der Waals surface area contributed by atoms with Crippen LogP contribution >= 0.6 is 0 Å². The summed E-state index contributed by atoms with van der Waals surface area (Å²) in [5, 5.41) is 8.22. The fraction of sp³-hybridized carbons (Fsp3) is 0. The third-order valence-corrected chi connectivity index (χ3v) is 0.935. The van der Waals surface area contributed by atoms with Crippen LogP contribution in [0.5, 0.6) is 0 Å². The van der Waals surface area contributed by atoms with E-state index in [1.54, 1.807) is 6.07 Å². The second kappa shape index (κ2) is 1.71. The van der Waals surface area contributed by atoms with Crippen LogP contribution in [0.1, 0.15) is 0 Å². The normalized spacial score (nSPS) is 16.6. The standard InChI is InChI=1S/C5H3N3O/c6-1-3-4(7)2-8-5(3)9/h2H,7H2. The number of nitriles is 1. The van der Waals surface area contributed by atoms with Crippen molar-refractivity contribution in [3.8, 4) is 6.07 Å². The van der Waals surface area contributed by atoms with Crippen molar-refractivity contribution in [1.82, 2.24) is 0 Å². The van der Waals surface area contributed by atoms with Gasteiger partial charge in [0.2, 0.25) is 0 Å². The summed E-state index contributed by atoms with van der Waals surface area (Å²) in [5.74, 6) is -0.546. The highest BCUT2D eigenvalue weighted by atomic mass is 16.1. The molecule has 1 aliphatic rings. The minimum atomic E-state index is -0.546. The van der Waals surface area contributed by atoms with E-state index < -0.39 is 5.91 Å². The number of amides is 1. The summed E-state index contributed by atoms with van der Waals surface area (Å²) < 4.78 is 0. The van der Waals surface area contributed by atoms with Gasteiger partial charge in [-0.25, -0.2) is 4.99 Å². The van der Waals surface area contributed by atoms with Gasteiger partial charge in [0.15, 0.2) is 0 Å². The average molecular weight is 121 g/mol. The fourth-order valence-electron chi connectivity index (χ4n) is 0.493. The van der Waals surface area contributed by atoms with E-state index in [9.17, 15) is 4.79 Å². The third-order valence-electron chi connectivity index (χ3n) is 0.935. The van der Waals surface area contributed by atoms with Crippen molar-refractivity contribution in [3.05, 3.63) is 11.3 Å². The molecule has 9 heavy (non-hydrogen) atoms. The van der Waals surface area contributed by atoms with E-state index in [-0.39, 0.29) is 11.3 Å². The van der Waals surface area contributed by atoms with Gasteiger partial charge < -0.3 is 5.73 Å². The summed E-state index contributed by atoms with van der Waals surface area (Å²) in [5.41, 5.74) is 5.26. The van der Waals surface area contributed by atoms with E-state index in [4.69, 9.17) is 11.0 Å². The van der Waals surface area contributed by atoms with Crippen LogP contribution in [0.4, 0.5) is 0 Å². The maximum atomic E-state index is 10.5. The van der Waals surface area contributed by atoms with Gasteiger partial charge in [-0.05, 0) is 0 Å². The first-order valence-electron chi connectivity index (χ1n) is 2.24. The van der Waals surface area contributed by atoms with Gasteiger partial charge in [0.25, 0.3) is 5.91 Å². The highest BCUT2D eigenvalue weighted by molar-refractivity contribution is 6.12. The van der Waals surface area contributed by atoms with Gasteiger partial charge in [-0.3, -0.25) is 4.79 Å².